The van der Waals surface area contributed by atoms with Crippen LogP contribution in [-0.2, 0) is 11.2 Å². The van der Waals surface area contributed by atoms with E-state index in [1.165, 1.54) is 32.1 Å². The minimum Gasteiger partial charge on any atom is -0.375 e. The zero-order valence-electron chi connectivity index (χ0n) is 15.6. The molecule has 138 valence electrons. The van der Waals surface area contributed by atoms with E-state index in [0.29, 0.717) is 11.9 Å². The molecule has 2 aliphatic rings. The molecule has 1 saturated heterocycles. The van der Waals surface area contributed by atoms with Crippen LogP contribution in [0.2, 0.25) is 0 Å². The van der Waals surface area contributed by atoms with Gasteiger partial charge in [-0.2, -0.15) is 0 Å². The number of rotatable bonds is 4. The third-order valence-electron chi connectivity index (χ3n) is 5.65. The summed E-state index contributed by atoms with van der Waals surface area (Å²) in [5.74, 6) is 1.61. The van der Waals surface area contributed by atoms with Crippen molar-refractivity contribution in [3.05, 3.63) is 36.2 Å². The van der Waals surface area contributed by atoms with E-state index in [0.717, 1.165) is 43.1 Å². The molecular weight excluding hydrogens is 324 g/mol. The van der Waals surface area contributed by atoms with Crippen molar-refractivity contribution in [1.29, 1.82) is 0 Å². The summed E-state index contributed by atoms with van der Waals surface area (Å²) < 4.78 is 6.23. The molecule has 1 atom stereocenters. The highest BCUT2D eigenvalue weighted by atomic mass is 16.5. The van der Waals surface area contributed by atoms with Gasteiger partial charge in [0.25, 0.3) is 0 Å². The molecule has 1 aliphatic heterocycles. The van der Waals surface area contributed by atoms with Crippen LogP contribution in [0.15, 0.2) is 30.5 Å². The minimum absolute atomic E-state index is 0.0958. The van der Waals surface area contributed by atoms with Crippen LogP contribution in [0.1, 0.15) is 57.6 Å². The zero-order valence-corrected chi connectivity index (χ0v) is 15.6. The summed E-state index contributed by atoms with van der Waals surface area (Å²) in [5, 5.41) is 3.68. The van der Waals surface area contributed by atoms with Gasteiger partial charge in [-0.15, -0.1) is 0 Å². The third kappa shape index (κ3) is 3.88. The SMILES string of the molecule is CCc1cc(NC2CCOC3(CCCCC3)C2)nc(-c2ccccn2)n1. The van der Waals surface area contributed by atoms with Crippen molar-refractivity contribution >= 4 is 5.82 Å². The molecule has 0 bridgehead atoms. The first kappa shape index (κ1) is 17.4. The van der Waals surface area contributed by atoms with Crippen LogP contribution in [0, 0.1) is 0 Å². The first-order valence-electron chi connectivity index (χ1n) is 9.96. The van der Waals surface area contributed by atoms with Crippen LogP contribution in [0.5, 0.6) is 0 Å². The summed E-state index contributed by atoms with van der Waals surface area (Å²) >= 11 is 0. The van der Waals surface area contributed by atoms with Gasteiger partial charge in [0.15, 0.2) is 5.82 Å². The van der Waals surface area contributed by atoms with Crippen molar-refractivity contribution in [2.45, 2.75) is 69.9 Å². The lowest BCUT2D eigenvalue weighted by Gasteiger charge is -2.43. The highest BCUT2D eigenvalue weighted by molar-refractivity contribution is 5.53. The summed E-state index contributed by atoms with van der Waals surface area (Å²) in [4.78, 5) is 13.8. The van der Waals surface area contributed by atoms with Crippen molar-refractivity contribution in [3.63, 3.8) is 0 Å². The molecule has 3 heterocycles. The molecule has 1 spiro atoms. The molecule has 1 aliphatic carbocycles. The van der Waals surface area contributed by atoms with Crippen molar-refractivity contribution in [3.8, 4) is 11.5 Å². The maximum Gasteiger partial charge on any atom is 0.180 e. The van der Waals surface area contributed by atoms with Crippen LogP contribution in [0.4, 0.5) is 5.82 Å². The number of hydrogen-bond donors (Lipinski definition) is 1. The molecule has 0 radical (unpaired) electrons. The Morgan fingerprint density at radius 3 is 2.85 bits per heavy atom. The largest absolute Gasteiger partial charge is 0.375 e. The molecule has 4 rings (SSSR count). The van der Waals surface area contributed by atoms with Gasteiger partial charge in [-0.25, -0.2) is 9.97 Å². The molecule has 2 aromatic heterocycles. The Hall–Kier alpha value is -2.01. The molecule has 2 aromatic rings. The number of hydrogen-bond acceptors (Lipinski definition) is 5. The van der Waals surface area contributed by atoms with Crippen molar-refractivity contribution in [2.75, 3.05) is 11.9 Å². The van der Waals surface area contributed by atoms with Crippen LogP contribution >= 0.6 is 0 Å². The second kappa shape index (κ2) is 7.70. The highest BCUT2D eigenvalue weighted by Crippen LogP contribution is 2.39. The standard InChI is InChI=1S/C21H28N4O/c1-2-16-14-19(25-20(24-16)18-8-4-7-12-22-18)23-17-9-13-26-21(15-17)10-5-3-6-11-21/h4,7-8,12,14,17H,2-3,5-6,9-11,13,15H2,1H3,(H,23,24,25). The van der Waals surface area contributed by atoms with Gasteiger partial charge >= 0.3 is 0 Å². The fraction of sp³-hybridized carbons (Fsp3) is 0.571. The molecule has 1 unspecified atom stereocenters. The Labute approximate surface area is 155 Å². The summed E-state index contributed by atoms with van der Waals surface area (Å²) in [6, 6.07) is 8.35. The zero-order chi connectivity index (χ0) is 17.8. The lowest BCUT2D eigenvalue weighted by atomic mass is 9.78. The maximum absolute atomic E-state index is 6.23. The number of anilines is 1. The fourth-order valence-corrected chi connectivity index (χ4v) is 4.27. The lowest BCUT2D eigenvalue weighted by molar-refractivity contribution is -0.103. The second-order valence-electron chi connectivity index (χ2n) is 7.56. The van der Waals surface area contributed by atoms with Gasteiger partial charge in [0.05, 0.1) is 5.60 Å². The predicted octanol–water partition coefficient (Wildman–Crippen LogP) is 4.39. The Bertz CT molecular complexity index is 723. The Morgan fingerprint density at radius 2 is 2.08 bits per heavy atom. The number of aromatic nitrogens is 3. The fourth-order valence-electron chi connectivity index (χ4n) is 4.27. The van der Waals surface area contributed by atoms with E-state index in [9.17, 15) is 0 Å². The van der Waals surface area contributed by atoms with Gasteiger partial charge in [0.1, 0.15) is 11.5 Å². The van der Waals surface area contributed by atoms with Gasteiger partial charge in [-0.1, -0.05) is 32.3 Å². The van der Waals surface area contributed by atoms with E-state index in [-0.39, 0.29) is 5.60 Å². The van der Waals surface area contributed by atoms with E-state index in [1.807, 2.05) is 18.2 Å². The molecular formula is C21H28N4O. The van der Waals surface area contributed by atoms with Crippen LogP contribution in [-0.4, -0.2) is 33.2 Å². The topological polar surface area (TPSA) is 59.9 Å². The van der Waals surface area contributed by atoms with Gasteiger partial charge < -0.3 is 10.1 Å². The quantitative estimate of drug-likeness (QED) is 0.884. The molecule has 5 nitrogen and oxygen atoms in total. The van der Waals surface area contributed by atoms with E-state index in [1.54, 1.807) is 6.20 Å². The number of nitrogens with zero attached hydrogens (tertiary/aromatic N) is 3. The van der Waals surface area contributed by atoms with E-state index < -0.39 is 0 Å². The highest BCUT2D eigenvalue weighted by Gasteiger charge is 2.38. The maximum atomic E-state index is 6.23. The molecule has 1 N–H and O–H groups in total. The Balaban J connectivity index is 1.54. The number of pyridine rings is 1. The van der Waals surface area contributed by atoms with E-state index in [4.69, 9.17) is 9.72 Å². The molecule has 0 aromatic carbocycles. The number of nitrogens with one attached hydrogen (secondary N) is 1. The molecule has 26 heavy (non-hydrogen) atoms. The van der Waals surface area contributed by atoms with E-state index in [2.05, 4.69) is 28.3 Å². The molecule has 1 saturated carbocycles. The smallest absolute Gasteiger partial charge is 0.180 e. The van der Waals surface area contributed by atoms with Gasteiger partial charge in [-0.3, -0.25) is 4.98 Å². The van der Waals surface area contributed by atoms with Crippen molar-refractivity contribution < 1.29 is 4.74 Å². The monoisotopic (exact) mass is 352 g/mol. The normalized spacial score (nSPS) is 22.3. The average Bonchev–Trinajstić information content (AvgIpc) is 2.69. The Morgan fingerprint density at radius 1 is 1.19 bits per heavy atom. The van der Waals surface area contributed by atoms with Crippen molar-refractivity contribution in [2.24, 2.45) is 0 Å². The van der Waals surface area contributed by atoms with Gasteiger partial charge in [-0.05, 0) is 44.2 Å². The summed E-state index contributed by atoms with van der Waals surface area (Å²) in [6.07, 6.45) is 11.1. The van der Waals surface area contributed by atoms with E-state index >= 15 is 0 Å². The van der Waals surface area contributed by atoms with Crippen LogP contribution < -0.4 is 5.32 Å². The van der Waals surface area contributed by atoms with Gasteiger partial charge in [0, 0.05) is 30.6 Å². The molecule has 0 amide bonds. The van der Waals surface area contributed by atoms with Crippen LogP contribution in [0.25, 0.3) is 11.5 Å². The van der Waals surface area contributed by atoms with Crippen LogP contribution in [0.3, 0.4) is 0 Å². The number of ether oxygens (including phenoxy) is 1. The lowest BCUT2D eigenvalue weighted by Crippen LogP contribution is -2.45. The minimum atomic E-state index is 0.0958. The first-order valence-corrected chi connectivity index (χ1v) is 9.96. The summed E-state index contributed by atoms with van der Waals surface area (Å²) in [5.41, 5.74) is 1.96. The molecule has 2 fully saturated rings. The third-order valence-corrected chi connectivity index (χ3v) is 5.65. The Kier molecular flexibility index (Phi) is 5.16. The number of aryl methyl sites for hydroxylation is 1. The molecule has 5 heteroatoms. The summed E-state index contributed by atoms with van der Waals surface area (Å²) in [7, 11) is 0. The van der Waals surface area contributed by atoms with Crippen molar-refractivity contribution in [1.82, 2.24) is 15.0 Å². The second-order valence-corrected chi connectivity index (χ2v) is 7.56. The van der Waals surface area contributed by atoms with Gasteiger partial charge in [0.2, 0.25) is 0 Å². The average molecular weight is 352 g/mol. The summed E-state index contributed by atoms with van der Waals surface area (Å²) in [6.45, 7) is 2.97. The predicted molar refractivity (Wildman–Crippen MR) is 103 cm³/mol. The first-order chi connectivity index (χ1) is 12.8.